The molecule has 1 aliphatic rings. The van der Waals surface area contributed by atoms with Crippen LogP contribution in [0.25, 0.3) is 28.0 Å². The monoisotopic (exact) mass is 483 g/mol. The van der Waals surface area contributed by atoms with E-state index in [1.807, 2.05) is 36.4 Å². The molecular weight excluding hydrogens is 461 g/mol. The van der Waals surface area contributed by atoms with E-state index in [-0.39, 0.29) is 0 Å². The second kappa shape index (κ2) is 9.52. The standard InChI is InChI=1S/C23H23Cl2N7O/c24-16-3-1-15(2-4-16)20-19-21(26)32(18-7-5-17(25)6-8-18)30-22(19)29-23(28-20)27-9-10-31-11-13-33-14-12-31/h1-8H,9-14,26H2,(H,27,29,30). The van der Waals surface area contributed by atoms with Crippen LogP contribution in [0.2, 0.25) is 10.0 Å². The lowest BCUT2D eigenvalue weighted by atomic mass is 10.1. The summed E-state index contributed by atoms with van der Waals surface area (Å²) in [4.78, 5) is 11.8. The number of nitrogen functional groups attached to an aromatic ring is 1. The zero-order valence-corrected chi connectivity index (χ0v) is 19.4. The molecule has 0 aliphatic carbocycles. The van der Waals surface area contributed by atoms with Crippen molar-refractivity contribution in [1.29, 1.82) is 0 Å². The Morgan fingerprint density at radius 2 is 1.61 bits per heavy atom. The van der Waals surface area contributed by atoms with Gasteiger partial charge in [0.2, 0.25) is 5.95 Å². The molecule has 1 saturated heterocycles. The van der Waals surface area contributed by atoms with Crippen LogP contribution >= 0.6 is 23.2 Å². The van der Waals surface area contributed by atoms with Crippen LogP contribution < -0.4 is 11.1 Å². The Hall–Kier alpha value is -2.91. The minimum absolute atomic E-state index is 0.456. The quantitative estimate of drug-likeness (QED) is 0.425. The van der Waals surface area contributed by atoms with Crippen molar-refractivity contribution in [2.75, 3.05) is 50.4 Å². The molecule has 0 unspecified atom stereocenters. The molecule has 1 fully saturated rings. The molecule has 3 heterocycles. The molecular formula is C23H23Cl2N7O. The highest BCUT2D eigenvalue weighted by atomic mass is 35.5. The normalized spacial score (nSPS) is 14.6. The molecule has 0 atom stereocenters. The minimum atomic E-state index is 0.456. The molecule has 2 aromatic heterocycles. The van der Waals surface area contributed by atoms with Gasteiger partial charge in [-0.25, -0.2) is 9.67 Å². The summed E-state index contributed by atoms with van der Waals surface area (Å²) in [6.07, 6.45) is 0. The van der Waals surface area contributed by atoms with Crippen molar-refractivity contribution in [3.8, 4) is 16.9 Å². The van der Waals surface area contributed by atoms with Crippen LogP contribution in [0.1, 0.15) is 0 Å². The summed E-state index contributed by atoms with van der Waals surface area (Å²) in [7, 11) is 0. The highest BCUT2D eigenvalue weighted by Gasteiger charge is 2.19. The van der Waals surface area contributed by atoms with E-state index in [0.29, 0.717) is 45.1 Å². The maximum absolute atomic E-state index is 6.55. The third-order valence-corrected chi connectivity index (χ3v) is 6.08. The lowest BCUT2D eigenvalue weighted by Crippen LogP contribution is -2.39. The number of rotatable bonds is 6. The molecule has 4 aromatic rings. The van der Waals surface area contributed by atoms with Gasteiger partial charge in [-0.1, -0.05) is 35.3 Å². The van der Waals surface area contributed by atoms with E-state index in [1.54, 1.807) is 16.8 Å². The van der Waals surface area contributed by atoms with E-state index in [1.165, 1.54) is 0 Å². The molecule has 170 valence electrons. The fraction of sp³-hybridized carbons (Fsp3) is 0.261. The van der Waals surface area contributed by atoms with Gasteiger partial charge in [-0.2, -0.15) is 4.98 Å². The van der Waals surface area contributed by atoms with Crippen molar-refractivity contribution in [2.24, 2.45) is 0 Å². The van der Waals surface area contributed by atoms with Crippen molar-refractivity contribution in [3.05, 3.63) is 58.6 Å². The summed E-state index contributed by atoms with van der Waals surface area (Å²) < 4.78 is 7.08. The Kier molecular flexibility index (Phi) is 6.32. The van der Waals surface area contributed by atoms with Gasteiger partial charge in [-0.15, -0.1) is 5.10 Å². The maximum atomic E-state index is 6.55. The summed E-state index contributed by atoms with van der Waals surface area (Å²) in [5.41, 5.74) is 9.43. The van der Waals surface area contributed by atoms with Gasteiger partial charge >= 0.3 is 0 Å². The van der Waals surface area contributed by atoms with Gasteiger partial charge in [-0.3, -0.25) is 4.90 Å². The average Bonchev–Trinajstić information content (AvgIpc) is 3.16. The summed E-state index contributed by atoms with van der Waals surface area (Å²) in [5.74, 6) is 0.957. The number of halogens is 2. The molecule has 33 heavy (non-hydrogen) atoms. The van der Waals surface area contributed by atoms with Crippen molar-refractivity contribution in [1.82, 2.24) is 24.6 Å². The van der Waals surface area contributed by atoms with Crippen LogP contribution in [-0.2, 0) is 4.74 Å². The minimum Gasteiger partial charge on any atom is -0.383 e. The molecule has 0 bridgehead atoms. The molecule has 3 N–H and O–H groups in total. The third-order valence-electron chi connectivity index (χ3n) is 5.57. The van der Waals surface area contributed by atoms with E-state index in [4.69, 9.17) is 38.7 Å². The van der Waals surface area contributed by atoms with Crippen LogP contribution in [-0.4, -0.2) is 64.0 Å². The second-order valence-electron chi connectivity index (χ2n) is 7.76. The SMILES string of the molecule is Nc1c2c(-c3ccc(Cl)cc3)nc(NCCN3CCOCC3)nc2nn1-c1ccc(Cl)cc1. The Bertz CT molecular complexity index is 1250. The van der Waals surface area contributed by atoms with E-state index in [9.17, 15) is 0 Å². The first-order valence-electron chi connectivity index (χ1n) is 10.7. The number of nitrogens with zero attached hydrogens (tertiary/aromatic N) is 5. The van der Waals surface area contributed by atoms with Gasteiger partial charge in [0.25, 0.3) is 0 Å². The summed E-state index contributed by atoms with van der Waals surface area (Å²) in [5, 5.41) is 10.0. The number of hydrogen-bond acceptors (Lipinski definition) is 7. The first kappa shape index (κ1) is 21.9. The van der Waals surface area contributed by atoms with Gasteiger partial charge < -0.3 is 15.8 Å². The van der Waals surface area contributed by atoms with Gasteiger partial charge in [0.05, 0.1) is 30.0 Å². The second-order valence-corrected chi connectivity index (χ2v) is 8.63. The largest absolute Gasteiger partial charge is 0.383 e. The zero-order valence-electron chi connectivity index (χ0n) is 17.8. The lowest BCUT2D eigenvalue weighted by Gasteiger charge is -2.26. The fourth-order valence-corrected chi connectivity index (χ4v) is 4.09. The van der Waals surface area contributed by atoms with E-state index in [2.05, 4.69) is 20.3 Å². The highest BCUT2D eigenvalue weighted by molar-refractivity contribution is 6.30. The fourth-order valence-electron chi connectivity index (χ4n) is 3.84. The van der Waals surface area contributed by atoms with Crippen LogP contribution in [0.5, 0.6) is 0 Å². The molecule has 1 aliphatic heterocycles. The summed E-state index contributed by atoms with van der Waals surface area (Å²) >= 11 is 12.2. The Morgan fingerprint density at radius 1 is 0.939 bits per heavy atom. The van der Waals surface area contributed by atoms with E-state index < -0.39 is 0 Å². The molecule has 0 spiro atoms. The van der Waals surface area contributed by atoms with Gasteiger partial charge in [0.15, 0.2) is 5.65 Å². The molecule has 0 amide bonds. The first-order chi connectivity index (χ1) is 16.1. The number of aromatic nitrogens is 4. The van der Waals surface area contributed by atoms with Crippen molar-refractivity contribution < 1.29 is 4.74 Å². The predicted molar refractivity (Wildman–Crippen MR) is 132 cm³/mol. The molecule has 10 heteroatoms. The number of anilines is 2. The molecule has 0 radical (unpaired) electrons. The Morgan fingerprint density at radius 3 is 2.30 bits per heavy atom. The average molecular weight is 484 g/mol. The predicted octanol–water partition coefficient (Wildman–Crippen LogP) is 4.12. The number of fused-ring (bicyclic) bond motifs is 1. The third kappa shape index (κ3) is 4.74. The molecule has 5 rings (SSSR count). The van der Waals surface area contributed by atoms with Gasteiger partial charge in [-0.05, 0) is 36.4 Å². The van der Waals surface area contributed by atoms with Crippen molar-refractivity contribution >= 4 is 46.0 Å². The van der Waals surface area contributed by atoms with E-state index >= 15 is 0 Å². The summed E-state index contributed by atoms with van der Waals surface area (Å²) in [6.45, 7) is 4.98. The van der Waals surface area contributed by atoms with Crippen LogP contribution in [0, 0.1) is 0 Å². The van der Waals surface area contributed by atoms with Crippen molar-refractivity contribution in [3.63, 3.8) is 0 Å². The first-order valence-corrected chi connectivity index (χ1v) is 11.5. The molecule has 2 aromatic carbocycles. The smallest absolute Gasteiger partial charge is 0.225 e. The Balaban J connectivity index is 1.53. The van der Waals surface area contributed by atoms with Crippen molar-refractivity contribution in [2.45, 2.75) is 0 Å². The lowest BCUT2D eigenvalue weighted by molar-refractivity contribution is 0.0398. The van der Waals surface area contributed by atoms with Gasteiger partial charge in [0.1, 0.15) is 5.82 Å². The number of hydrogen-bond donors (Lipinski definition) is 2. The number of ether oxygens (including phenoxy) is 1. The van der Waals surface area contributed by atoms with Crippen LogP contribution in [0.15, 0.2) is 48.5 Å². The Labute approximate surface area is 201 Å². The number of morpholine rings is 1. The maximum Gasteiger partial charge on any atom is 0.225 e. The summed E-state index contributed by atoms with van der Waals surface area (Å²) in [6, 6.07) is 14.8. The molecule has 0 saturated carbocycles. The van der Waals surface area contributed by atoms with Gasteiger partial charge in [0, 0.05) is 41.8 Å². The van der Waals surface area contributed by atoms with Crippen LogP contribution in [0.3, 0.4) is 0 Å². The van der Waals surface area contributed by atoms with E-state index in [0.717, 1.165) is 44.1 Å². The van der Waals surface area contributed by atoms with Crippen LogP contribution in [0.4, 0.5) is 11.8 Å². The topological polar surface area (TPSA) is 94.1 Å². The highest BCUT2D eigenvalue weighted by Crippen LogP contribution is 2.33. The number of nitrogens with one attached hydrogen (secondary N) is 1. The molecule has 8 nitrogen and oxygen atoms in total. The number of nitrogens with two attached hydrogens (primary N) is 1. The number of benzene rings is 2. The zero-order chi connectivity index (χ0) is 22.8.